The minimum absolute atomic E-state index is 0.210. The molecule has 0 atom stereocenters. The smallest absolute Gasteiger partial charge is 0.319 e. The molecular formula is C21H33N5O2. The van der Waals surface area contributed by atoms with Crippen LogP contribution in [-0.2, 0) is 0 Å². The van der Waals surface area contributed by atoms with Crippen LogP contribution in [0.5, 0.6) is 0 Å². The Morgan fingerprint density at radius 2 is 1.14 bits per heavy atom. The third-order valence-electron chi connectivity index (χ3n) is 5.78. The monoisotopic (exact) mass is 387 g/mol. The fraction of sp³-hybridized carbons (Fsp3) is 0.667. The van der Waals surface area contributed by atoms with Gasteiger partial charge >= 0.3 is 12.1 Å². The number of rotatable bonds is 4. The number of nitrogens with zero attached hydrogens (tertiary/aromatic N) is 1. The summed E-state index contributed by atoms with van der Waals surface area (Å²) < 4.78 is 0. The van der Waals surface area contributed by atoms with E-state index in [1.54, 1.807) is 6.07 Å². The van der Waals surface area contributed by atoms with E-state index in [0.29, 0.717) is 11.4 Å². The van der Waals surface area contributed by atoms with Crippen molar-refractivity contribution < 1.29 is 9.59 Å². The van der Waals surface area contributed by atoms with Gasteiger partial charge in [0.25, 0.3) is 0 Å². The van der Waals surface area contributed by atoms with Gasteiger partial charge in [-0.3, -0.25) is 4.98 Å². The molecule has 0 saturated heterocycles. The second-order valence-electron chi connectivity index (χ2n) is 8.12. The largest absolute Gasteiger partial charge is 0.335 e. The molecular weight excluding hydrogens is 354 g/mol. The lowest BCUT2D eigenvalue weighted by atomic mass is 9.96. The zero-order valence-electron chi connectivity index (χ0n) is 17.1. The Morgan fingerprint density at radius 1 is 0.750 bits per heavy atom. The number of urea groups is 2. The van der Waals surface area contributed by atoms with Gasteiger partial charge in [0.05, 0.1) is 22.8 Å². The molecule has 4 amide bonds. The summed E-state index contributed by atoms with van der Waals surface area (Å²) in [7, 11) is 0. The molecule has 2 aliphatic carbocycles. The number of carbonyl (C=O) groups is 2. The maximum Gasteiger partial charge on any atom is 0.319 e. The number of hydrogen-bond donors (Lipinski definition) is 4. The number of anilines is 2. The van der Waals surface area contributed by atoms with Crippen molar-refractivity contribution in [2.24, 2.45) is 0 Å². The molecule has 2 saturated carbocycles. The van der Waals surface area contributed by atoms with Crippen LogP contribution in [0.4, 0.5) is 21.0 Å². The molecule has 4 N–H and O–H groups in total. The van der Waals surface area contributed by atoms with Crippen molar-refractivity contribution in [1.82, 2.24) is 15.6 Å². The number of pyridine rings is 1. The number of aromatic nitrogens is 1. The van der Waals surface area contributed by atoms with Crippen molar-refractivity contribution in [3.05, 3.63) is 17.5 Å². The molecule has 0 aliphatic heterocycles. The van der Waals surface area contributed by atoms with Crippen molar-refractivity contribution in [1.29, 1.82) is 0 Å². The normalized spacial score (nSPS) is 18.4. The zero-order valence-corrected chi connectivity index (χ0v) is 17.1. The first-order valence-electron chi connectivity index (χ1n) is 10.6. The van der Waals surface area contributed by atoms with Crippen LogP contribution in [0.3, 0.4) is 0 Å². The van der Waals surface area contributed by atoms with E-state index in [0.717, 1.165) is 37.1 Å². The van der Waals surface area contributed by atoms with Crippen molar-refractivity contribution in [2.75, 3.05) is 10.6 Å². The standard InChI is InChI=1S/C21H33N5O2/c1-14-18(25-20(27)23-16-9-5-3-6-10-16)13-19(15(2)22-14)26-21(28)24-17-11-7-4-8-12-17/h13,16-17H,3-12H2,1-2H3,(H2,23,25,27)(H2,24,26,28). The average Bonchev–Trinajstić information content (AvgIpc) is 2.67. The van der Waals surface area contributed by atoms with Gasteiger partial charge in [0.15, 0.2) is 0 Å². The molecule has 0 unspecified atom stereocenters. The molecule has 0 bridgehead atoms. The number of carbonyl (C=O) groups excluding carboxylic acids is 2. The number of amides is 4. The number of hydrogen-bond acceptors (Lipinski definition) is 3. The minimum Gasteiger partial charge on any atom is -0.335 e. The summed E-state index contributed by atoms with van der Waals surface area (Å²) in [6.07, 6.45) is 11.3. The van der Waals surface area contributed by atoms with Crippen LogP contribution in [0, 0.1) is 13.8 Å². The predicted octanol–water partition coefficient (Wildman–Crippen LogP) is 4.61. The molecule has 0 spiro atoms. The summed E-state index contributed by atoms with van der Waals surface area (Å²) in [5.41, 5.74) is 2.70. The van der Waals surface area contributed by atoms with E-state index in [2.05, 4.69) is 26.3 Å². The molecule has 0 aromatic carbocycles. The molecule has 2 aliphatic rings. The van der Waals surface area contributed by atoms with E-state index < -0.39 is 0 Å². The first kappa shape index (κ1) is 20.4. The fourth-order valence-corrected chi connectivity index (χ4v) is 4.16. The van der Waals surface area contributed by atoms with Crippen molar-refractivity contribution >= 4 is 23.4 Å². The molecule has 0 radical (unpaired) electrons. The summed E-state index contributed by atoms with van der Waals surface area (Å²) in [6.45, 7) is 3.71. The Kier molecular flexibility index (Phi) is 7.12. The highest BCUT2D eigenvalue weighted by atomic mass is 16.2. The van der Waals surface area contributed by atoms with Crippen molar-refractivity contribution in [3.63, 3.8) is 0 Å². The molecule has 3 rings (SSSR count). The van der Waals surface area contributed by atoms with Gasteiger partial charge in [-0.1, -0.05) is 38.5 Å². The van der Waals surface area contributed by atoms with Gasteiger partial charge in [0, 0.05) is 12.1 Å². The highest BCUT2D eigenvalue weighted by molar-refractivity contribution is 5.93. The molecule has 1 aromatic rings. The Balaban J connectivity index is 1.59. The Hall–Kier alpha value is -2.31. The summed E-state index contributed by atoms with van der Waals surface area (Å²) in [6, 6.07) is 1.85. The number of aryl methyl sites for hydroxylation is 2. The van der Waals surface area contributed by atoms with E-state index in [1.165, 1.54) is 38.5 Å². The van der Waals surface area contributed by atoms with Crippen LogP contribution in [0.2, 0.25) is 0 Å². The van der Waals surface area contributed by atoms with Gasteiger partial charge < -0.3 is 21.3 Å². The van der Waals surface area contributed by atoms with E-state index in [4.69, 9.17) is 0 Å². The Morgan fingerprint density at radius 3 is 1.54 bits per heavy atom. The Bertz CT molecular complexity index is 639. The summed E-state index contributed by atoms with van der Waals surface area (Å²) in [5.74, 6) is 0. The summed E-state index contributed by atoms with van der Waals surface area (Å²) in [4.78, 5) is 29.2. The van der Waals surface area contributed by atoms with Gasteiger partial charge in [-0.25, -0.2) is 9.59 Å². The van der Waals surface area contributed by atoms with Gasteiger partial charge in [0.1, 0.15) is 0 Å². The van der Waals surface area contributed by atoms with E-state index in [1.807, 2.05) is 13.8 Å². The van der Waals surface area contributed by atoms with Gasteiger partial charge in [-0.05, 0) is 45.6 Å². The van der Waals surface area contributed by atoms with Crippen LogP contribution in [0.25, 0.3) is 0 Å². The quantitative estimate of drug-likeness (QED) is 0.608. The topological polar surface area (TPSA) is 95.2 Å². The maximum absolute atomic E-state index is 12.4. The van der Waals surface area contributed by atoms with Crippen LogP contribution < -0.4 is 21.3 Å². The molecule has 7 nitrogen and oxygen atoms in total. The lowest BCUT2D eigenvalue weighted by Gasteiger charge is -2.24. The highest BCUT2D eigenvalue weighted by Gasteiger charge is 2.18. The van der Waals surface area contributed by atoms with Crippen LogP contribution in [0.1, 0.15) is 75.6 Å². The Labute approximate surface area is 167 Å². The second kappa shape index (κ2) is 9.75. The van der Waals surface area contributed by atoms with E-state index in [9.17, 15) is 9.59 Å². The maximum atomic E-state index is 12.4. The molecule has 7 heteroatoms. The summed E-state index contributed by atoms with van der Waals surface area (Å²) in [5, 5.41) is 11.9. The molecule has 154 valence electrons. The molecule has 1 heterocycles. The molecule has 1 aromatic heterocycles. The van der Waals surface area contributed by atoms with Crippen LogP contribution in [0.15, 0.2) is 6.07 Å². The van der Waals surface area contributed by atoms with E-state index in [-0.39, 0.29) is 24.1 Å². The lowest BCUT2D eigenvalue weighted by molar-refractivity contribution is 0.243. The predicted molar refractivity (Wildman–Crippen MR) is 112 cm³/mol. The van der Waals surface area contributed by atoms with Crippen LogP contribution >= 0.6 is 0 Å². The first-order chi connectivity index (χ1) is 13.5. The minimum atomic E-state index is -0.210. The summed E-state index contributed by atoms with van der Waals surface area (Å²) >= 11 is 0. The van der Waals surface area contributed by atoms with Gasteiger partial charge in [-0.15, -0.1) is 0 Å². The lowest BCUT2D eigenvalue weighted by Crippen LogP contribution is -2.39. The first-order valence-corrected chi connectivity index (χ1v) is 10.6. The van der Waals surface area contributed by atoms with Crippen molar-refractivity contribution in [2.45, 2.75) is 90.1 Å². The fourth-order valence-electron chi connectivity index (χ4n) is 4.16. The SMILES string of the molecule is Cc1nc(C)c(NC(=O)NC2CCCCC2)cc1NC(=O)NC1CCCCC1. The van der Waals surface area contributed by atoms with Gasteiger partial charge in [-0.2, -0.15) is 0 Å². The molecule has 2 fully saturated rings. The third-order valence-corrected chi connectivity index (χ3v) is 5.78. The van der Waals surface area contributed by atoms with Crippen LogP contribution in [-0.4, -0.2) is 29.1 Å². The number of nitrogens with one attached hydrogen (secondary N) is 4. The average molecular weight is 388 g/mol. The zero-order chi connectivity index (χ0) is 19.9. The van der Waals surface area contributed by atoms with E-state index >= 15 is 0 Å². The van der Waals surface area contributed by atoms with Crippen molar-refractivity contribution in [3.8, 4) is 0 Å². The molecule has 28 heavy (non-hydrogen) atoms. The third kappa shape index (κ3) is 5.84. The van der Waals surface area contributed by atoms with Gasteiger partial charge in [0.2, 0.25) is 0 Å². The highest BCUT2D eigenvalue weighted by Crippen LogP contribution is 2.23. The second-order valence-corrected chi connectivity index (χ2v) is 8.12.